The Morgan fingerprint density at radius 3 is 2.55 bits per heavy atom. The van der Waals surface area contributed by atoms with Crippen molar-refractivity contribution in [3.8, 4) is 0 Å². The van der Waals surface area contributed by atoms with Gasteiger partial charge in [0.2, 0.25) is 4.60 Å². The smallest absolute Gasteiger partial charge is 0.358 e. The van der Waals surface area contributed by atoms with E-state index < -0.39 is 4.92 Å². The fraction of sp³-hybridized carbons (Fsp3) is 0.250. The van der Waals surface area contributed by atoms with E-state index >= 15 is 0 Å². The van der Waals surface area contributed by atoms with Crippen LogP contribution in [-0.2, 0) is 7.05 Å². The first kappa shape index (κ1) is 8.48. The number of nitrogens with zero attached hydrogens (tertiary/aromatic N) is 3. The molecule has 0 N–H and O–H groups in total. The van der Waals surface area contributed by atoms with E-state index in [-0.39, 0.29) is 15.7 Å². The Kier molecular flexibility index (Phi) is 2.15. The largest absolute Gasteiger partial charge is 0.358 e. The first-order chi connectivity index (χ1) is 5.04. The number of aromatic nitrogens is 2. The summed E-state index contributed by atoms with van der Waals surface area (Å²) in [4.78, 5) is 13.4. The highest BCUT2D eigenvalue weighted by Crippen LogP contribution is 2.26. The van der Waals surface area contributed by atoms with Crippen LogP contribution in [0, 0.1) is 10.1 Å². The van der Waals surface area contributed by atoms with E-state index in [0.717, 1.165) is 0 Å². The van der Waals surface area contributed by atoms with Crippen molar-refractivity contribution in [3.05, 3.63) is 20.0 Å². The molecule has 60 valence electrons. The highest BCUT2D eigenvalue weighted by atomic mass is 79.9. The molecule has 1 aromatic rings. The molecule has 0 atom stereocenters. The Balaban J connectivity index is 3.34. The lowest BCUT2D eigenvalue weighted by Gasteiger charge is -1.92. The van der Waals surface area contributed by atoms with E-state index in [1.165, 1.54) is 11.6 Å². The Hall–Kier alpha value is -0.620. The first-order valence-electron chi connectivity index (χ1n) is 2.56. The molecule has 0 aliphatic rings. The van der Waals surface area contributed by atoms with Crippen molar-refractivity contribution in [2.45, 2.75) is 0 Å². The van der Waals surface area contributed by atoms with Gasteiger partial charge in [-0.05, 0) is 32.5 Å². The summed E-state index contributed by atoms with van der Waals surface area (Å²) < 4.78 is 1.33. The van der Waals surface area contributed by atoms with Gasteiger partial charge in [-0.3, -0.25) is 0 Å². The molecule has 0 saturated carbocycles. The van der Waals surface area contributed by atoms with Crippen molar-refractivity contribution < 1.29 is 4.92 Å². The van der Waals surface area contributed by atoms with Crippen LogP contribution in [0.1, 0.15) is 0 Å². The third kappa shape index (κ3) is 1.36. The summed E-state index contributed by atoms with van der Waals surface area (Å²) in [6.45, 7) is 0. The van der Waals surface area contributed by atoms with Gasteiger partial charge in [0.05, 0.1) is 7.05 Å². The lowest BCUT2D eigenvalue weighted by atomic mass is 10.7. The number of hydrogen-bond acceptors (Lipinski definition) is 3. The van der Waals surface area contributed by atoms with E-state index in [1.54, 1.807) is 0 Å². The molecule has 0 fully saturated rings. The van der Waals surface area contributed by atoms with Gasteiger partial charge in [0.1, 0.15) is 0 Å². The molecular formula is C4H3BrClN3O2. The lowest BCUT2D eigenvalue weighted by molar-refractivity contribution is -0.392. The molecular weight excluding hydrogens is 237 g/mol. The molecule has 7 heteroatoms. The van der Waals surface area contributed by atoms with Crippen LogP contribution in [0.3, 0.4) is 0 Å². The molecule has 11 heavy (non-hydrogen) atoms. The number of nitro groups is 1. The number of imidazole rings is 1. The lowest BCUT2D eigenvalue weighted by Crippen LogP contribution is -1.96. The highest BCUT2D eigenvalue weighted by molar-refractivity contribution is 9.10. The van der Waals surface area contributed by atoms with Gasteiger partial charge < -0.3 is 10.1 Å². The van der Waals surface area contributed by atoms with Gasteiger partial charge in [0, 0.05) is 0 Å². The van der Waals surface area contributed by atoms with E-state index in [0.29, 0.717) is 0 Å². The molecule has 0 radical (unpaired) electrons. The zero-order valence-electron chi connectivity index (χ0n) is 5.41. The predicted molar refractivity (Wildman–Crippen MR) is 42.6 cm³/mol. The summed E-state index contributed by atoms with van der Waals surface area (Å²) in [5.41, 5.74) is 0. The summed E-state index contributed by atoms with van der Waals surface area (Å²) >= 11 is 8.41. The zero-order chi connectivity index (χ0) is 8.59. The second-order valence-corrected chi connectivity index (χ2v) is 2.90. The molecule has 0 aromatic carbocycles. The van der Waals surface area contributed by atoms with Crippen LogP contribution < -0.4 is 0 Å². The molecule has 5 nitrogen and oxygen atoms in total. The quantitative estimate of drug-likeness (QED) is 0.555. The molecule has 0 bridgehead atoms. The maximum absolute atomic E-state index is 10.3. The Morgan fingerprint density at radius 2 is 2.36 bits per heavy atom. The average molecular weight is 240 g/mol. The van der Waals surface area contributed by atoms with Gasteiger partial charge in [-0.1, -0.05) is 0 Å². The number of halogens is 2. The van der Waals surface area contributed by atoms with E-state index in [9.17, 15) is 10.1 Å². The Labute approximate surface area is 75.3 Å². The van der Waals surface area contributed by atoms with Gasteiger partial charge in [0.15, 0.2) is 0 Å². The molecule has 0 saturated heterocycles. The Morgan fingerprint density at radius 1 is 1.82 bits per heavy atom. The van der Waals surface area contributed by atoms with Crippen LogP contribution in [0.5, 0.6) is 0 Å². The van der Waals surface area contributed by atoms with Gasteiger partial charge >= 0.3 is 5.82 Å². The minimum absolute atomic E-state index is 0.0866. The third-order valence-corrected chi connectivity index (χ3v) is 2.01. The molecule has 0 unspecified atom stereocenters. The SMILES string of the molecule is Cn1c(Cl)nc(Br)c1[N+](=O)[O-]. The summed E-state index contributed by atoms with van der Waals surface area (Å²) in [6, 6.07) is 0. The molecule has 0 spiro atoms. The fourth-order valence-corrected chi connectivity index (χ4v) is 1.47. The van der Waals surface area contributed by atoms with Crippen molar-refractivity contribution in [1.29, 1.82) is 0 Å². The van der Waals surface area contributed by atoms with Gasteiger partial charge in [0.25, 0.3) is 5.28 Å². The monoisotopic (exact) mass is 239 g/mol. The predicted octanol–water partition coefficient (Wildman–Crippen LogP) is 1.74. The standard InChI is InChI=1S/C4H3BrClN3O2/c1-8-3(9(10)11)2(5)7-4(8)6/h1H3. The van der Waals surface area contributed by atoms with Gasteiger partial charge in [-0.25, -0.2) is 0 Å². The van der Waals surface area contributed by atoms with Crippen LogP contribution in [-0.4, -0.2) is 14.5 Å². The van der Waals surface area contributed by atoms with Crippen LogP contribution in [0.4, 0.5) is 5.82 Å². The molecule has 0 aliphatic carbocycles. The Bertz CT molecular complexity index is 311. The van der Waals surface area contributed by atoms with Crippen molar-refractivity contribution in [3.63, 3.8) is 0 Å². The van der Waals surface area contributed by atoms with Crippen LogP contribution in [0.25, 0.3) is 0 Å². The minimum atomic E-state index is -0.553. The third-order valence-electron chi connectivity index (χ3n) is 1.14. The molecule has 0 amide bonds. The first-order valence-corrected chi connectivity index (χ1v) is 3.73. The average Bonchev–Trinajstić information content (AvgIpc) is 2.07. The minimum Gasteiger partial charge on any atom is -0.358 e. The zero-order valence-corrected chi connectivity index (χ0v) is 7.76. The highest BCUT2D eigenvalue weighted by Gasteiger charge is 2.21. The van der Waals surface area contributed by atoms with Crippen LogP contribution in [0.2, 0.25) is 5.28 Å². The van der Waals surface area contributed by atoms with Gasteiger partial charge in [-0.2, -0.15) is 9.55 Å². The molecule has 0 aliphatic heterocycles. The van der Waals surface area contributed by atoms with Crippen molar-refractivity contribution in [2.24, 2.45) is 7.05 Å². The fourth-order valence-electron chi connectivity index (χ4n) is 0.630. The second-order valence-electron chi connectivity index (χ2n) is 1.81. The van der Waals surface area contributed by atoms with Crippen molar-refractivity contribution in [1.82, 2.24) is 9.55 Å². The number of hydrogen-bond donors (Lipinski definition) is 0. The summed E-state index contributed by atoms with van der Waals surface area (Å²) in [6.07, 6.45) is 0. The maximum Gasteiger partial charge on any atom is 0.358 e. The summed E-state index contributed by atoms with van der Waals surface area (Å²) in [7, 11) is 1.47. The van der Waals surface area contributed by atoms with E-state index in [4.69, 9.17) is 11.6 Å². The van der Waals surface area contributed by atoms with Gasteiger partial charge in [-0.15, -0.1) is 0 Å². The summed E-state index contributed by atoms with van der Waals surface area (Å²) in [5.74, 6) is -0.144. The van der Waals surface area contributed by atoms with E-state index in [2.05, 4.69) is 20.9 Å². The second kappa shape index (κ2) is 2.78. The van der Waals surface area contributed by atoms with Crippen molar-refractivity contribution >= 4 is 33.3 Å². The maximum atomic E-state index is 10.3. The summed E-state index contributed by atoms with van der Waals surface area (Å²) in [5, 5.41) is 10.4. The number of rotatable bonds is 1. The van der Waals surface area contributed by atoms with E-state index in [1.807, 2.05) is 0 Å². The molecule has 1 heterocycles. The molecule has 1 rings (SSSR count). The topological polar surface area (TPSA) is 61.0 Å². The van der Waals surface area contributed by atoms with Crippen LogP contribution in [0.15, 0.2) is 4.60 Å². The molecule has 1 aromatic heterocycles. The van der Waals surface area contributed by atoms with Crippen molar-refractivity contribution in [2.75, 3.05) is 0 Å². The normalized spacial score (nSPS) is 10.1. The van der Waals surface area contributed by atoms with Crippen LogP contribution >= 0.6 is 27.5 Å².